The van der Waals surface area contributed by atoms with Crippen LogP contribution in [0.2, 0.25) is 10.0 Å². The number of likely N-dealkylation sites (N-methyl/N-ethyl adjacent to an activating group) is 1. The van der Waals surface area contributed by atoms with Gasteiger partial charge in [0.2, 0.25) is 11.8 Å². The molecule has 42 heavy (non-hydrogen) atoms. The molecule has 1 fully saturated rings. The van der Waals surface area contributed by atoms with Crippen LogP contribution in [0.1, 0.15) is 16.7 Å². The van der Waals surface area contributed by atoms with Crippen LogP contribution in [-0.2, 0) is 29.0 Å². The van der Waals surface area contributed by atoms with Crippen LogP contribution in [0, 0.1) is 0 Å². The van der Waals surface area contributed by atoms with Crippen LogP contribution in [0.5, 0.6) is 0 Å². The number of carbonyl (C=O) groups is 2. The van der Waals surface area contributed by atoms with Crippen LogP contribution in [0.25, 0.3) is 21.7 Å². The zero-order valence-corrected chi connectivity index (χ0v) is 24.8. The number of rotatable bonds is 8. The molecule has 2 atom stereocenters. The molecule has 6 nitrogen and oxygen atoms in total. The number of fused-ring (bicyclic) bond motifs is 2. The first kappa shape index (κ1) is 28.3. The van der Waals surface area contributed by atoms with Crippen LogP contribution in [0.3, 0.4) is 0 Å². The molecule has 0 aliphatic carbocycles. The molecule has 1 aromatic heterocycles. The van der Waals surface area contributed by atoms with E-state index in [1.54, 1.807) is 29.0 Å². The van der Waals surface area contributed by atoms with Crippen molar-refractivity contribution >= 4 is 56.7 Å². The second-order valence-corrected chi connectivity index (χ2v) is 11.8. The minimum absolute atomic E-state index is 0.0615. The van der Waals surface area contributed by atoms with E-state index < -0.39 is 12.1 Å². The fourth-order valence-electron chi connectivity index (χ4n) is 5.91. The van der Waals surface area contributed by atoms with Gasteiger partial charge >= 0.3 is 0 Å². The monoisotopic (exact) mass is 598 g/mol. The van der Waals surface area contributed by atoms with Gasteiger partial charge in [-0.3, -0.25) is 9.59 Å². The maximum absolute atomic E-state index is 14.2. The third kappa shape index (κ3) is 5.88. The third-order valence-electron chi connectivity index (χ3n) is 8.11. The summed E-state index contributed by atoms with van der Waals surface area (Å²) in [4.78, 5) is 35.0. The van der Waals surface area contributed by atoms with Gasteiger partial charge in [-0.2, -0.15) is 0 Å². The number of benzene rings is 4. The summed E-state index contributed by atoms with van der Waals surface area (Å²) in [5.41, 5.74) is 4.00. The molecule has 5 aromatic rings. The number of aromatic nitrogens is 1. The molecule has 6 rings (SSSR count). The minimum atomic E-state index is -0.654. The summed E-state index contributed by atoms with van der Waals surface area (Å²) in [5.74, 6) is -0.177. The van der Waals surface area contributed by atoms with Crippen LogP contribution < -0.4 is 5.32 Å². The SMILES string of the molecule is CN(Cc1ccc(Cl)c(Cl)c1)C(=O)[C@@H](Cc1ccc2ccccc2c1)N1CCN[C@H](Cc2c[nH]c3ccccc23)C1=O. The predicted octanol–water partition coefficient (Wildman–Crippen LogP) is 6.24. The quantitative estimate of drug-likeness (QED) is 0.222. The smallest absolute Gasteiger partial charge is 0.245 e. The average molecular weight is 600 g/mol. The van der Waals surface area contributed by atoms with Gasteiger partial charge in [0.25, 0.3) is 0 Å². The highest BCUT2D eigenvalue weighted by Crippen LogP contribution is 2.25. The highest BCUT2D eigenvalue weighted by atomic mass is 35.5. The number of amides is 2. The summed E-state index contributed by atoms with van der Waals surface area (Å²) in [6.07, 6.45) is 2.93. The zero-order chi connectivity index (χ0) is 29.2. The van der Waals surface area contributed by atoms with Crippen molar-refractivity contribution < 1.29 is 9.59 Å². The van der Waals surface area contributed by atoms with Gasteiger partial charge in [0.15, 0.2) is 0 Å². The van der Waals surface area contributed by atoms with Crippen LogP contribution in [0.4, 0.5) is 0 Å². The number of hydrogen-bond donors (Lipinski definition) is 2. The summed E-state index contributed by atoms with van der Waals surface area (Å²) in [7, 11) is 1.77. The second-order valence-electron chi connectivity index (χ2n) is 10.9. The molecular formula is C34H32Cl2N4O2. The van der Waals surface area contributed by atoms with Crippen LogP contribution in [-0.4, -0.2) is 58.8 Å². The van der Waals surface area contributed by atoms with E-state index in [4.69, 9.17) is 23.2 Å². The van der Waals surface area contributed by atoms with E-state index in [-0.39, 0.29) is 11.8 Å². The highest BCUT2D eigenvalue weighted by Gasteiger charge is 2.38. The summed E-state index contributed by atoms with van der Waals surface area (Å²) in [5, 5.41) is 7.67. The summed E-state index contributed by atoms with van der Waals surface area (Å²) >= 11 is 12.4. The fraction of sp³-hybridized carbons (Fsp3) is 0.235. The highest BCUT2D eigenvalue weighted by molar-refractivity contribution is 6.42. The molecule has 2 amide bonds. The molecule has 0 spiro atoms. The molecule has 4 aromatic carbocycles. The van der Waals surface area contributed by atoms with Gasteiger partial charge in [0, 0.05) is 50.2 Å². The van der Waals surface area contributed by atoms with E-state index in [1.807, 2.05) is 42.6 Å². The number of hydrogen-bond acceptors (Lipinski definition) is 3. The van der Waals surface area contributed by atoms with Crippen molar-refractivity contribution in [1.82, 2.24) is 20.1 Å². The lowest BCUT2D eigenvalue weighted by Crippen LogP contribution is -2.62. The minimum Gasteiger partial charge on any atom is -0.361 e. The van der Waals surface area contributed by atoms with E-state index in [1.165, 1.54) is 0 Å². The van der Waals surface area contributed by atoms with E-state index in [2.05, 4.69) is 46.7 Å². The first-order valence-corrected chi connectivity index (χ1v) is 14.9. The van der Waals surface area contributed by atoms with E-state index >= 15 is 0 Å². The van der Waals surface area contributed by atoms with Crippen molar-refractivity contribution in [2.75, 3.05) is 20.1 Å². The lowest BCUT2D eigenvalue weighted by molar-refractivity contribution is -0.148. The van der Waals surface area contributed by atoms with Gasteiger partial charge in [0.05, 0.1) is 16.1 Å². The molecule has 0 radical (unpaired) electrons. The largest absolute Gasteiger partial charge is 0.361 e. The number of para-hydroxylation sites is 1. The Balaban J connectivity index is 1.28. The summed E-state index contributed by atoms with van der Waals surface area (Å²) in [6.45, 7) is 1.41. The Bertz CT molecular complexity index is 1770. The van der Waals surface area contributed by atoms with E-state index in [9.17, 15) is 9.59 Å². The van der Waals surface area contributed by atoms with Crippen molar-refractivity contribution in [2.24, 2.45) is 0 Å². The van der Waals surface area contributed by atoms with Gasteiger partial charge in [-0.05, 0) is 52.1 Å². The Morgan fingerprint density at radius 3 is 2.55 bits per heavy atom. The third-order valence-corrected chi connectivity index (χ3v) is 8.85. The molecule has 1 saturated heterocycles. The molecule has 1 aliphatic rings. The number of carbonyl (C=O) groups excluding carboxylic acids is 2. The molecule has 2 N–H and O–H groups in total. The molecular weight excluding hydrogens is 567 g/mol. The topological polar surface area (TPSA) is 68.4 Å². The zero-order valence-electron chi connectivity index (χ0n) is 23.3. The van der Waals surface area contributed by atoms with E-state index in [0.717, 1.165) is 38.4 Å². The number of nitrogens with one attached hydrogen (secondary N) is 2. The number of H-pyrrole nitrogens is 1. The maximum atomic E-state index is 14.2. The van der Waals surface area contributed by atoms with Crippen molar-refractivity contribution in [1.29, 1.82) is 0 Å². The van der Waals surface area contributed by atoms with E-state index in [0.29, 0.717) is 42.5 Å². The number of aromatic amines is 1. The number of halogens is 2. The normalized spacial score (nSPS) is 16.2. The molecule has 214 valence electrons. The molecule has 2 heterocycles. The standard InChI is InChI=1S/C34H32Cl2N4O2/c1-39(21-23-11-13-28(35)29(36)17-23)34(42)32(18-22-10-12-24-6-2-3-7-25(24)16-22)40-15-14-37-31(33(40)41)19-26-20-38-30-9-5-4-8-27(26)30/h2-13,16-17,20,31-32,37-38H,14-15,18-19,21H2,1H3/t31-,32-/m1/s1. The second kappa shape index (κ2) is 12.2. The van der Waals surface area contributed by atoms with Crippen LogP contribution in [0.15, 0.2) is 91.1 Å². The van der Waals surface area contributed by atoms with Crippen molar-refractivity contribution in [3.8, 4) is 0 Å². The average Bonchev–Trinajstić information content (AvgIpc) is 3.41. The number of nitrogens with zero attached hydrogens (tertiary/aromatic N) is 2. The van der Waals surface area contributed by atoms with Crippen molar-refractivity contribution in [2.45, 2.75) is 31.5 Å². The predicted molar refractivity (Wildman–Crippen MR) is 170 cm³/mol. The van der Waals surface area contributed by atoms with Gasteiger partial charge in [-0.25, -0.2) is 0 Å². The van der Waals surface area contributed by atoms with Crippen molar-refractivity contribution in [3.63, 3.8) is 0 Å². The first-order valence-electron chi connectivity index (χ1n) is 14.1. The van der Waals surface area contributed by atoms with Gasteiger partial charge in [-0.1, -0.05) is 89.9 Å². The van der Waals surface area contributed by atoms with Gasteiger partial charge in [0.1, 0.15) is 6.04 Å². The Morgan fingerprint density at radius 1 is 0.952 bits per heavy atom. The summed E-state index contributed by atoms with van der Waals surface area (Å²) in [6, 6.07) is 26.8. The van der Waals surface area contributed by atoms with Gasteiger partial charge < -0.3 is 20.1 Å². The molecule has 0 saturated carbocycles. The molecule has 0 bridgehead atoms. The fourth-order valence-corrected chi connectivity index (χ4v) is 6.23. The molecule has 1 aliphatic heterocycles. The molecule has 0 unspecified atom stereocenters. The lowest BCUT2D eigenvalue weighted by Gasteiger charge is -2.39. The Hall–Kier alpha value is -3.84. The van der Waals surface area contributed by atoms with Gasteiger partial charge in [-0.15, -0.1) is 0 Å². The Kier molecular flexibility index (Phi) is 8.20. The maximum Gasteiger partial charge on any atom is 0.245 e. The number of piperazine rings is 1. The lowest BCUT2D eigenvalue weighted by atomic mass is 9.97. The summed E-state index contributed by atoms with van der Waals surface area (Å²) < 4.78 is 0. The first-order chi connectivity index (χ1) is 20.4. The van der Waals surface area contributed by atoms with Crippen molar-refractivity contribution in [3.05, 3.63) is 118 Å². The Morgan fingerprint density at radius 2 is 1.71 bits per heavy atom. The van der Waals surface area contributed by atoms with Crippen LogP contribution >= 0.6 is 23.2 Å². The Labute approximate surface area is 255 Å². The molecule has 8 heteroatoms.